The van der Waals surface area contributed by atoms with Crippen molar-refractivity contribution < 1.29 is 9.90 Å². The minimum absolute atomic E-state index is 0.0530. The van der Waals surface area contributed by atoms with E-state index in [0.717, 1.165) is 11.5 Å². The Kier molecular flexibility index (Phi) is 4.94. The van der Waals surface area contributed by atoms with Gasteiger partial charge in [0.2, 0.25) is 0 Å². The Labute approximate surface area is 124 Å². The van der Waals surface area contributed by atoms with Crippen LogP contribution in [0.5, 0.6) is 0 Å². The monoisotopic (exact) mass is 288 g/mol. The number of nitrogens with one attached hydrogen (secondary N) is 1. The normalized spacial score (nSPS) is 10.4. The number of hydrogen-bond donors (Lipinski definition) is 2. The first-order chi connectivity index (χ1) is 10.1. The van der Waals surface area contributed by atoms with Crippen molar-refractivity contribution in [2.75, 3.05) is 32.1 Å². The minimum atomic E-state index is -0.0530. The van der Waals surface area contributed by atoms with Gasteiger partial charge in [0.05, 0.1) is 13.2 Å². The zero-order valence-electron chi connectivity index (χ0n) is 12.3. The molecule has 21 heavy (non-hydrogen) atoms. The molecule has 1 aromatic carbocycles. The summed E-state index contributed by atoms with van der Waals surface area (Å²) in [6, 6.07) is 7.35. The molecule has 6 heteroatoms. The van der Waals surface area contributed by atoms with Gasteiger partial charge < -0.3 is 19.9 Å². The number of rotatable bonds is 6. The van der Waals surface area contributed by atoms with Crippen molar-refractivity contribution in [2.45, 2.75) is 6.54 Å². The Bertz CT molecular complexity index is 566. The average molecular weight is 288 g/mol. The molecule has 6 nitrogen and oxygen atoms in total. The SMILES string of the molecule is CN(Cc1ncc[nH]1)C(=O)c1ccc(N(C)CCO)cc1. The van der Waals surface area contributed by atoms with Gasteiger partial charge in [0.25, 0.3) is 5.91 Å². The molecule has 1 amide bonds. The van der Waals surface area contributed by atoms with Crippen molar-refractivity contribution >= 4 is 11.6 Å². The number of aliphatic hydroxyl groups is 1. The number of H-pyrrole nitrogens is 1. The van der Waals surface area contributed by atoms with Crippen LogP contribution in [0.2, 0.25) is 0 Å². The van der Waals surface area contributed by atoms with E-state index in [9.17, 15) is 4.79 Å². The lowest BCUT2D eigenvalue weighted by Gasteiger charge is -2.19. The lowest BCUT2D eigenvalue weighted by Crippen LogP contribution is -2.27. The van der Waals surface area contributed by atoms with Crippen molar-refractivity contribution in [3.8, 4) is 0 Å². The summed E-state index contributed by atoms with van der Waals surface area (Å²) in [6.07, 6.45) is 3.40. The van der Waals surface area contributed by atoms with Crippen LogP contribution in [0, 0.1) is 0 Å². The first-order valence-corrected chi connectivity index (χ1v) is 6.77. The second kappa shape index (κ2) is 6.90. The fourth-order valence-corrected chi connectivity index (χ4v) is 2.04. The molecule has 0 aliphatic carbocycles. The number of amides is 1. The van der Waals surface area contributed by atoms with Crippen molar-refractivity contribution in [3.63, 3.8) is 0 Å². The highest BCUT2D eigenvalue weighted by Gasteiger charge is 2.13. The summed E-state index contributed by atoms with van der Waals surface area (Å²) in [4.78, 5) is 22.9. The summed E-state index contributed by atoms with van der Waals surface area (Å²) in [6.45, 7) is 1.10. The molecule has 112 valence electrons. The maximum Gasteiger partial charge on any atom is 0.254 e. The quantitative estimate of drug-likeness (QED) is 0.835. The molecule has 2 rings (SSSR count). The van der Waals surface area contributed by atoms with Crippen molar-refractivity contribution in [3.05, 3.63) is 48.0 Å². The summed E-state index contributed by atoms with van der Waals surface area (Å²) in [5.74, 6) is 0.702. The predicted molar refractivity (Wildman–Crippen MR) is 81.2 cm³/mol. The van der Waals surface area contributed by atoms with Gasteiger partial charge in [-0.15, -0.1) is 0 Å². The molecule has 0 spiro atoms. The second-order valence-corrected chi connectivity index (χ2v) is 4.89. The van der Waals surface area contributed by atoms with E-state index >= 15 is 0 Å². The molecule has 2 aromatic rings. The van der Waals surface area contributed by atoms with Crippen LogP contribution in [0.1, 0.15) is 16.2 Å². The van der Waals surface area contributed by atoms with Gasteiger partial charge in [-0.1, -0.05) is 0 Å². The third kappa shape index (κ3) is 3.82. The van der Waals surface area contributed by atoms with E-state index in [1.807, 2.05) is 24.1 Å². The molecule has 0 bridgehead atoms. The van der Waals surface area contributed by atoms with Gasteiger partial charge in [-0.05, 0) is 24.3 Å². The first kappa shape index (κ1) is 15.1. The summed E-state index contributed by atoms with van der Waals surface area (Å²) in [7, 11) is 3.65. The molecule has 0 fully saturated rings. The number of carbonyl (C=O) groups excluding carboxylic acids is 1. The van der Waals surface area contributed by atoms with Gasteiger partial charge in [0.15, 0.2) is 0 Å². The average Bonchev–Trinajstić information content (AvgIpc) is 3.00. The van der Waals surface area contributed by atoms with Gasteiger partial charge in [-0.2, -0.15) is 0 Å². The van der Waals surface area contributed by atoms with Gasteiger partial charge in [0, 0.05) is 44.3 Å². The van der Waals surface area contributed by atoms with E-state index in [1.165, 1.54) is 0 Å². The third-order valence-corrected chi connectivity index (χ3v) is 3.28. The molecular weight excluding hydrogens is 268 g/mol. The van der Waals surface area contributed by atoms with E-state index in [-0.39, 0.29) is 12.5 Å². The highest BCUT2D eigenvalue weighted by atomic mass is 16.3. The molecule has 0 aliphatic rings. The lowest BCUT2D eigenvalue weighted by molar-refractivity contribution is 0.0782. The van der Waals surface area contributed by atoms with Crippen molar-refractivity contribution in [2.24, 2.45) is 0 Å². The molecule has 0 saturated heterocycles. The van der Waals surface area contributed by atoms with Gasteiger partial charge in [-0.3, -0.25) is 4.79 Å². The number of aliphatic hydroxyl groups excluding tert-OH is 1. The Morgan fingerprint density at radius 3 is 2.57 bits per heavy atom. The molecule has 0 radical (unpaired) electrons. The smallest absolute Gasteiger partial charge is 0.254 e. The number of nitrogens with zero attached hydrogens (tertiary/aromatic N) is 3. The predicted octanol–water partition coefficient (Wildman–Crippen LogP) is 1.11. The molecule has 0 saturated carbocycles. The Morgan fingerprint density at radius 1 is 1.29 bits per heavy atom. The highest BCUT2D eigenvalue weighted by Crippen LogP contribution is 2.15. The maximum atomic E-state index is 12.3. The largest absolute Gasteiger partial charge is 0.395 e. The van der Waals surface area contributed by atoms with Crippen LogP contribution in [0.4, 0.5) is 5.69 Å². The first-order valence-electron chi connectivity index (χ1n) is 6.77. The van der Waals surface area contributed by atoms with Gasteiger partial charge in [0.1, 0.15) is 5.82 Å². The van der Waals surface area contributed by atoms with Crippen LogP contribution in [0.15, 0.2) is 36.7 Å². The number of imidazole rings is 1. The standard InChI is InChI=1S/C15H20N4O2/c1-18(9-10-20)13-5-3-12(4-6-13)15(21)19(2)11-14-16-7-8-17-14/h3-8,20H,9-11H2,1-2H3,(H,16,17). The molecule has 1 aromatic heterocycles. The molecular formula is C15H20N4O2. The van der Waals surface area contributed by atoms with Gasteiger partial charge >= 0.3 is 0 Å². The van der Waals surface area contributed by atoms with E-state index in [0.29, 0.717) is 18.7 Å². The second-order valence-electron chi connectivity index (χ2n) is 4.89. The van der Waals surface area contributed by atoms with Crippen LogP contribution < -0.4 is 4.90 Å². The number of carbonyl (C=O) groups is 1. The van der Waals surface area contributed by atoms with E-state index in [2.05, 4.69) is 9.97 Å². The Hall–Kier alpha value is -2.34. The van der Waals surface area contributed by atoms with Crippen molar-refractivity contribution in [1.29, 1.82) is 0 Å². The van der Waals surface area contributed by atoms with Crippen LogP contribution >= 0.6 is 0 Å². The number of hydrogen-bond acceptors (Lipinski definition) is 4. The van der Waals surface area contributed by atoms with Crippen LogP contribution in [-0.2, 0) is 6.54 Å². The summed E-state index contributed by atoms with van der Waals surface area (Å²) >= 11 is 0. The molecule has 0 atom stereocenters. The summed E-state index contributed by atoms with van der Waals surface area (Å²) in [5, 5.41) is 8.92. The zero-order chi connectivity index (χ0) is 15.2. The minimum Gasteiger partial charge on any atom is -0.395 e. The maximum absolute atomic E-state index is 12.3. The third-order valence-electron chi connectivity index (χ3n) is 3.28. The fourth-order valence-electron chi connectivity index (χ4n) is 2.04. The van der Waals surface area contributed by atoms with Crippen molar-refractivity contribution in [1.82, 2.24) is 14.9 Å². The number of aromatic nitrogens is 2. The summed E-state index contributed by atoms with van der Waals surface area (Å²) in [5.41, 5.74) is 1.60. The van der Waals surface area contributed by atoms with Crippen LogP contribution in [0.3, 0.4) is 0 Å². The van der Waals surface area contributed by atoms with Crippen LogP contribution in [0.25, 0.3) is 0 Å². The van der Waals surface area contributed by atoms with Crippen LogP contribution in [-0.4, -0.2) is 53.1 Å². The lowest BCUT2D eigenvalue weighted by atomic mass is 10.1. The van der Waals surface area contributed by atoms with E-state index in [4.69, 9.17) is 5.11 Å². The summed E-state index contributed by atoms with van der Waals surface area (Å²) < 4.78 is 0. The molecule has 2 N–H and O–H groups in total. The number of anilines is 1. The Morgan fingerprint density at radius 2 is 2.00 bits per heavy atom. The van der Waals surface area contributed by atoms with E-state index < -0.39 is 0 Å². The zero-order valence-corrected chi connectivity index (χ0v) is 12.3. The van der Waals surface area contributed by atoms with E-state index in [1.54, 1.807) is 36.5 Å². The number of aromatic amines is 1. The molecule has 1 heterocycles. The number of benzene rings is 1. The van der Waals surface area contributed by atoms with Gasteiger partial charge in [-0.25, -0.2) is 4.98 Å². The molecule has 0 unspecified atom stereocenters. The Balaban J connectivity index is 2.02. The molecule has 0 aliphatic heterocycles. The number of likely N-dealkylation sites (N-methyl/N-ethyl adjacent to an activating group) is 1. The fraction of sp³-hybridized carbons (Fsp3) is 0.333. The highest BCUT2D eigenvalue weighted by molar-refractivity contribution is 5.94. The topological polar surface area (TPSA) is 72.5 Å².